The minimum Gasteiger partial charge on any atom is -0.469 e. The van der Waals surface area contributed by atoms with Crippen LogP contribution in [-0.2, 0) is 19.1 Å². The fourth-order valence-corrected chi connectivity index (χ4v) is 5.53. The highest BCUT2D eigenvalue weighted by Crippen LogP contribution is 2.66. The van der Waals surface area contributed by atoms with Crippen molar-refractivity contribution in [1.29, 1.82) is 0 Å². The van der Waals surface area contributed by atoms with Crippen LogP contribution in [-0.4, -0.2) is 36.4 Å². The Morgan fingerprint density at radius 2 is 1.95 bits per heavy atom. The first-order chi connectivity index (χ1) is 10.2. The number of carbonyl (C=O) groups excluding carboxylic acids is 2. The molecule has 4 aliphatic carbocycles. The molecule has 0 amide bonds. The second-order valence-corrected chi connectivity index (χ2v) is 7.86. The third-order valence-corrected chi connectivity index (χ3v) is 5.63. The molecule has 4 bridgehead atoms. The zero-order valence-corrected chi connectivity index (χ0v) is 13.3. The van der Waals surface area contributed by atoms with Crippen molar-refractivity contribution in [3.8, 4) is 0 Å². The molecule has 122 valence electrons. The molecule has 4 atom stereocenters. The van der Waals surface area contributed by atoms with Gasteiger partial charge >= 0.3 is 11.9 Å². The van der Waals surface area contributed by atoms with E-state index in [0.29, 0.717) is 30.8 Å². The van der Waals surface area contributed by atoms with Crippen molar-refractivity contribution in [1.82, 2.24) is 0 Å². The SMILES string of the molecule is C=C(C)C(=O)OCC12CC3CC(O)(C1)CC(C(=O)OC)(C3)C2. The van der Waals surface area contributed by atoms with E-state index in [1.165, 1.54) is 7.11 Å². The van der Waals surface area contributed by atoms with Gasteiger partial charge in [-0.25, -0.2) is 4.79 Å². The number of hydrogen-bond acceptors (Lipinski definition) is 5. The predicted octanol–water partition coefficient (Wildman–Crippen LogP) is 1.98. The number of hydrogen-bond donors (Lipinski definition) is 1. The van der Waals surface area contributed by atoms with Crippen LogP contribution in [0.5, 0.6) is 0 Å². The van der Waals surface area contributed by atoms with E-state index < -0.39 is 17.0 Å². The molecule has 0 saturated heterocycles. The third-order valence-electron chi connectivity index (χ3n) is 5.63. The molecule has 0 aromatic carbocycles. The third kappa shape index (κ3) is 2.35. The fourth-order valence-electron chi connectivity index (χ4n) is 5.53. The monoisotopic (exact) mass is 308 g/mol. The van der Waals surface area contributed by atoms with Gasteiger partial charge in [-0.2, -0.15) is 0 Å². The maximum Gasteiger partial charge on any atom is 0.333 e. The lowest BCUT2D eigenvalue weighted by Crippen LogP contribution is -2.63. The van der Waals surface area contributed by atoms with Crippen LogP contribution in [0, 0.1) is 16.7 Å². The molecular weight excluding hydrogens is 284 g/mol. The second kappa shape index (κ2) is 4.82. The van der Waals surface area contributed by atoms with Gasteiger partial charge in [0.1, 0.15) is 0 Å². The molecule has 4 unspecified atom stereocenters. The summed E-state index contributed by atoms with van der Waals surface area (Å²) in [6.45, 7) is 5.45. The Morgan fingerprint density at radius 3 is 2.55 bits per heavy atom. The highest BCUT2D eigenvalue weighted by molar-refractivity contribution is 5.87. The molecule has 0 radical (unpaired) electrons. The minimum atomic E-state index is -0.830. The van der Waals surface area contributed by atoms with Crippen molar-refractivity contribution in [2.75, 3.05) is 13.7 Å². The lowest BCUT2D eigenvalue weighted by atomic mass is 9.43. The van der Waals surface area contributed by atoms with Crippen LogP contribution in [0.25, 0.3) is 0 Å². The lowest BCUT2D eigenvalue weighted by Gasteiger charge is -2.63. The maximum atomic E-state index is 12.3. The van der Waals surface area contributed by atoms with Crippen molar-refractivity contribution >= 4 is 11.9 Å². The molecule has 5 heteroatoms. The van der Waals surface area contributed by atoms with Gasteiger partial charge in [-0.1, -0.05) is 6.58 Å². The maximum absolute atomic E-state index is 12.3. The van der Waals surface area contributed by atoms with Crippen LogP contribution in [0.15, 0.2) is 12.2 Å². The summed E-state index contributed by atoms with van der Waals surface area (Å²) in [5, 5.41) is 10.9. The van der Waals surface area contributed by atoms with Crippen molar-refractivity contribution in [2.45, 2.75) is 51.0 Å². The van der Waals surface area contributed by atoms with Gasteiger partial charge in [0.15, 0.2) is 0 Å². The Balaban J connectivity index is 1.85. The van der Waals surface area contributed by atoms with E-state index in [0.717, 1.165) is 19.3 Å². The van der Waals surface area contributed by atoms with Crippen LogP contribution in [0.2, 0.25) is 0 Å². The smallest absolute Gasteiger partial charge is 0.333 e. The van der Waals surface area contributed by atoms with Gasteiger partial charge in [0.05, 0.1) is 24.7 Å². The van der Waals surface area contributed by atoms with Crippen LogP contribution >= 0.6 is 0 Å². The molecule has 0 spiro atoms. The quantitative estimate of drug-likeness (QED) is 0.635. The minimum absolute atomic E-state index is 0.231. The summed E-state index contributed by atoms with van der Waals surface area (Å²) in [6, 6.07) is 0. The molecular formula is C17H24O5. The molecule has 0 aromatic rings. The fraction of sp³-hybridized carbons (Fsp3) is 0.765. The molecule has 4 rings (SSSR count). The number of aliphatic hydroxyl groups is 1. The van der Waals surface area contributed by atoms with Gasteiger partial charge in [-0.15, -0.1) is 0 Å². The first-order valence-corrected chi connectivity index (χ1v) is 7.85. The van der Waals surface area contributed by atoms with Gasteiger partial charge in [-0.05, 0) is 51.4 Å². The van der Waals surface area contributed by atoms with Gasteiger partial charge < -0.3 is 14.6 Å². The zero-order chi connectivity index (χ0) is 16.2. The molecule has 0 heterocycles. The van der Waals surface area contributed by atoms with Crippen LogP contribution in [0.3, 0.4) is 0 Å². The van der Waals surface area contributed by atoms with E-state index in [1.54, 1.807) is 6.92 Å². The molecule has 4 aliphatic rings. The number of esters is 2. The first kappa shape index (κ1) is 15.5. The summed E-state index contributed by atoms with van der Waals surface area (Å²) in [5.41, 5.74) is -1.39. The number of ether oxygens (including phenoxy) is 2. The Hall–Kier alpha value is -1.36. The van der Waals surface area contributed by atoms with E-state index >= 15 is 0 Å². The highest BCUT2D eigenvalue weighted by Gasteiger charge is 2.66. The number of methoxy groups -OCH3 is 1. The van der Waals surface area contributed by atoms with Crippen LogP contribution in [0.4, 0.5) is 0 Å². The molecule has 4 fully saturated rings. The van der Waals surface area contributed by atoms with Gasteiger partial charge in [0.2, 0.25) is 0 Å². The topological polar surface area (TPSA) is 72.8 Å². The van der Waals surface area contributed by atoms with Crippen molar-refractivity contribution in [3.63, 3.8) is 0 Å². The predicted molar refractivity (Wildman–Crippen MR) is 78.8 cm³/mol. The van der Waals surface area contributed by atoms with Gasteiger partial charge in [0, 0.05) is 11.0 Å². The normalized spacial score (nSPS) is 42.0. The number of rotatable bonds is 4. The van der Waals surface area contributed by atoms with E-state index in [2.05, 4.69) is 6.58 Å². The molecule has 1 N–H and O–H groups in total. The Bertz CT molecular complexity index is 541. The second-order valence-electron chi connectivity index (χ2n) is 7.86. The van der Waals surface area contributed by atoms with E-state index in [1.807, 2.05) is 0 Å². The molecule has 0 aromatic heterocycles. The average molecular weight is 308 g/mol. The van der Waals surface area contributed by atoms with Crippen molar-refractivity contribution < 1.29 is 24.2 Å². The summed E-state index contributed by atoms with van der Waals surface area (Å²) < 4.78 is 10.4. The van der Waals surface area contributed by atoms with E-state index in [9.17, 15) is 14.7 Å². The molecule has 5 nitrogen and oxygen atoms in total. The van der Waals surface area contributed by atoms with Gasteiger partial charge in [-0.3, -0.25) is 4.79 Å². The average Bonchev–Trinajstić information content (AvgIpc) is 2.41. The van der Waals surface area contributed by atoms with Crippen molar-refractivity contribution in [2.24, 2.45) is 16.7 Å². The summed E-state index contributed by atoms with van der Waals surface area (Å²) in [5.74, 6) is -0.343. The van der Waals surface area contributed by atoms with Crippen molar-refractivity contribution in [3.05, 3.63) is 12.2 Å². The largest absolute Gasteiger partial charge is 0.469 e. The first-order valence-electron chi connectivity index (χ1n) is 7.85. The number of carbonyl (C=O) groups is 2. The summed E-state index contributed by atoms with van der Waals surface area (Å²) >= 11 is 0. The standard InChI is InChI=1S/C17H24O5/c1-11(2)13(18)22-10-15-4-12-5-16(7-15,14(19)21-3)9-17(20,6-12)8-15/h12,20H,1,4-10H2,2-3H3. The van der Waals surface area contributed by atoms with Gasteiger partial charge in [0.25, 0.3) is 0 Å². The summed E-state index contributed by atoms with van der Waals surface area (Å²) in [4.78, 5) is 24.1. The molecule has 0 aliphatic heterocycles. The lowest BCUT2D eigenvalue weighted by molar-refractivity contribution is -0.223. The summed E-state index contributed by atoms with van der Waals surface area (Å²) in [6.07, 6.45) is 4.12. The Kier molecular flexibility index (Phi) is 3.40. The Labute approximate surface area is 130 Å². The highest BCUT2D eigenvalue weighted by atomic mass is 16.5. The van der Waals surface area contributed by atoms with E-state index in [-0.39, 0.29) is 18.0 Å². The van der Waals surface area contributed by atoms with E-state index in [4.69, 9.17) is 9.47 Å². The summed E-state index contributed by atoms with van der Waals surface area (Å²) in [7, 11) is 1.40. The molecule has 22 heavy (non-hydrogen) atoms. The zero-order valence-electron chi connectivity index (χ0n) is 13.3. The Morgan fingerprint density at radius 1 is 1.23 bits per heavy atom. The van der Waals surface area contributed by atoms with Crippen LogP contribution < -0.4 is 0 Å². The van der Waals surface area contributed by atoms with Crippen LogP contribution in [0.1, 0.15) is 45.4 Å². The molecule has 4 saturated carbocycles.